The van der Waals surface area contributed by atoms with Gasteiger partial charge in [-0.2, -0.15) is 0 Å². The van der Waals surface area contributed by atoms with Crippen molar-refractivity contribution in [2.24, 2.45) is 0 Å². The van der Waals surface area contributed by atoms with Crippen LogP contribution >= 0.6 is 15.9 Å². The van der Waals surface area contributed by atoms with E-state index in [0.29, 0.717) is 17.5 Å². The maximum absolute atomic E-state index is 12.5. The van der Waals surface area contributed by atoms with E-state index in [0.717, 1.165) is 16.5 Å². The summed E-state index contributed by atoms with van der Waals surface area (Å²) in [5.41, 5.74) is 3.36. The van der Waals surface area contributed by atoms with E-state index < -0.39 is 0 Å². The molecule has 1 heterocycles. The molecule has 1 aromatic heterocycles. The highest BCUT2D eigenvalue weighted by atomic mass is 79.9. The van der Waals surface area contributed by atoms with Gasteiger partial charge in [-0.1, -0.05) is 45.9 Å². The van der Waals surface area contributed by atoms with Crippen LogP contribution in [0.3, 0.4) is 0 Å². The molecule has 0 radical (unpaired) electrons. The fraction of sp³-hybridized carbons (Fsp3) is 0.375. The summed E-state index contributed by atoms with van der Waals surface area (Å²) in [4.78, 5) is 14.0. The molecule has 0 aliphatic carbocycles. The molecule has 0 atom stereocenters. The van der Waals surface area contributed by atoms with Gasteiger partial charge in [-0.15, -0.1) is 10.2 Å². The molecule has 0 saturated carbocycles. The molecule has 0 fully saturated rings. The van der Waals surface area contributed by atoms with Crippen LogP contribution in [0.2, 0.25) is 0 Å². The van der Waals surface area contributed by atoms with E-state index in [1.165, 1.54) is 16.0 Å². The summed E-state index contributed by atoms with van der Waals surface area (Å²) < 4.78 is 12.3. The first-order valence-electron chi connectivity index (χ1n) is 10.3. The Morgan fingerprint density at radius 3 is 2.45 bits per heavy atom. The first-order chi connectivity index (χ1) is 14.7. The Hall–Kier alpha value is -2.67. The maximum atomic E-state index is 12.5. The van der Waals surface area contributed by atoms with Gasteiger partial charge in [0.2, 0.25) is 11.8 Å². The van der Waals surface area contributed by atoms with Crippen molar-refractivity contribution in [3.05, 3.63) is 64.0 Å². The maximum Gasteiger partial charge on any atom is 0.260 e. The second-order valence-electron chi connectivity index (χ2n) is 8.49. The van der Waals surface area contributed by atoms with Gasteiger partial charge in [-0.05, 0) is 63.2 Å². The summed E-state index contributed by atoms with van der Waals surface area (Å²) >= 11 is 3.49. The molecule has 2 aromatic carbocycles. The number of nitrogens with zero attached hydrogens (tertiary/aromatic N) is 3. The molecule has 6 nitrogen and oxygen atoms in total. The Kier molecular flexibility index (Phi) is 7.15. The molecular formula is C24H28BrN3O3. The van der Waals surface area contributed by atoms with Crippen molar-refractivity contribution in [3.8, 4) is 17.2 Å². The van der Waals surface area contributed by atoms with E-state index in [9.17, 15) is 4.79 Å². The third kappa shape index (κ3) is 5.94. The van der Waals surface area contributed by atoms with Crippen molar-refractivity contribution in [1.29, 1.82) is 0 Å². The highest BCUT2D eigenvalue weighted by molar-refractivity contribution is 9.10. The largest absolute Gasteiger partial charge is 0.483 e. The summed E-state index contributed by atoms with van der Waals surface area (Å²) in [6.07, 6.45) is 0.938. The lowest BCUT2D eigenvalue weighted by Gasteiger charge is -2.18. The van der Waals surface area contributed by atoms with Crippen LogP contribution in [0.1, 0.15) is 44.7 Å². The molecule has 0 unspecified atom stereocenters. The quantitative estimate of drug-likeness (QED) is 0.448. The normalized spacial score (nSPS) is 11.4. The van der Waals surface area contributed by atoms with E-state index in [4.69, 9.17) is 9.15 Å². The zero-order valence-corrected chi connectivity index (χ0v) is 20.2. The van der Waals surface area contributed by atoms with Crippen LogP contribution in [0.15, 0.2) is 51.4 Å². The number of rotatable bonds is 7. The van der Waals surface area contributed by atoms with Gasteiger partial charge in [0.05, 0.1) is 11.0 Å². The van der Waals surface area contributed by atoms with E-state index in [1.807, 2.05) is 30.3 Å². The van der Waals surface area contributed by atoms with Crippen LogP contribution < -0.4 is 4.74 Å². The average Bonchev–Trinajstić information content (AvgIpc) is 3.20. The van der Waals surface area contributed by atoms with Crippen LogP contribution in [0, 0.1) is 0 Å². The molecule has 0 bridgehead atoms. The number of aromatic nitrogens is 2. The van der Waals surface area contributed by atoms with Crippen LogP contribution in [0.5, 0.6) is 5.75 Å². The number of hydrogen-bond acceptors (Lipinski definition) is 5. The highest BCUT2D eigenvalue weighted by Crippen LogP contribution is 2.27. The molecule has 0 N–H and O–H groups in total. The third-order valence-corrected chi connectivity index (χ3v) is 5.64. The van der Waals surface area contributed by atoms with Gasteiger partial charge in [0.15, 0.2) is 6.61 Å². The summed E-state index contributed by atoms with van der Waals surface area (Å²) in [7, 11) is 1.68. The molecule has 7 heteroatoms. The second-order valence-corrected chi connectivity index (χ2v) is 9.34. The Bertz CT molecular complexity index is 1040. The lowest BCUT2D eigenvalue weighted by atomic mass is 9.87. The van der Waals surface area contributed by atoms with Gasteiger partial charge in [-0.25, -0.2) is 0 Å². The zero-order valence-electron chi connectivity index (χ0n) is 18.6. The number of carbonyl (C=O) groups is 1. The minimum Gasteiger partial charge on any atom is -0.483 e. The number of benzene rings is 2. The lowest BCUT2D eigenvalue weighted by molar-refractivity contribution is -0.132. The minimum atomic E-state index is -0.180. The SMILES string of the molecule is CCc1ccc(OCC(=O)N(C)Cc2nnc(-c3ccc(C(C)(C)C)cc3)o2)c(Br)c1. The predicted molar refractivity (Wildman–Crippen MR) is 124 cm³/mol. The monoisotopic (exact) mass is 485 g/mol. The molecule has 0 aliphatic rings. The first kappa shape index (κ1) is 23.0. The number of ether oxygens (including phenoxy) is 1. The molecule has 164 valence electrons. The Morgan fingerprint density at radius 1 is 1.13 bits per heavy atom. The summed E-state index contributed by atoms with van der Waals surface area (Å²) in [6.45, 7) is 8.73. The van der Waals surface area contributed by atoms with E-state index in [2.05, 4.69) is 66.0 Å². The summed E-state index contributed by atoms with van der Waals surface area (Å²) in [5, 5.41) is 8.20. The first-order valence-corrected chi connectivity index (χ1v) is 11.0. The van der Waals surface area contributed by atoms with Crippen molar-refractivity contribution in [2.75, 3.05) is 13.7 Å². The van der Waals surface area contributed by atoms with E-state index >= 15 is 0 Å². The minimum absolute atomic E-state index is 0.0736. The Balaban J connectivity index is 1.58. The number of likely N-dealkylation sites (N-methyl/N-ethyl adjacent to an activating group) is 1. The molecule has 31 heavy (non-hydrogen) atoms. The zero-order chi connectivity index (χ0) is 22.6. The highest BCUT2D eigenvalue weighted by Gasteiger charge is 2.17. The number of halogens is 1. The van der Waals surface area contributed by atoms with Crippen molar-refractivity contribution < 1.29 is 13.9 Å². The lowest BCUT2D eigenvalue weighted by Crippen LogP contribution is -2.31. The Morgan fingerprint density at radius 2 is 1.84 bits per heavy atom. The molecule has 3 rings (SSSR count). The molecule has 0 spiro atoms. The fourth-order valence-electron chi connectivity index (χ4n) is 2.97. The van der Waals surface area contributed by atoms with Crippen LogP contribution in [-0.4, -0.2) is 34.7 Å². The number of aryl methyl sites for hydroxylation is 1. The van der Waals surface area contributed by atoms with Crippen molar-refractivity contribution in [1.82, 2.24) is 15.1 Å². The molecule has 0 aliphatic heterocycles. The van der Waals surface area contributed by atoms with Crippen LogP contribution in [0.4, 0.5) is 0 Å². The van der Waals surface area contributed by atoms with Crippen molar-refractivity contribution >= 4 is 21.8 Å². The van der Waals surface area contributed by atoms with Crippen LogP contribution in [0.25, 0.3) is 11.5 Å². The van der Waals surface area contributed by atoms with Crippen molar-refractivity contribution in [3.63, 3.8) is 0 Å². The van der Waals surface area contributed by atoms with E-state index in [1.54, 1.807) is 7.05 Å². The topological polar surface area (TPSA) is 68.5 Å². The third-order valence-electron chi connectivity index (χ3n) is 5.02. The van der Waals surface area contributed by atoms with Gasteiger partial charge in [0.1, 0.15) is 5.75 Å². The molecule has 1 amide bonds. The summed E-state index contributed by atoms with van der Waals surface area (Å²) in [6, 6.07) is 13.9. The van der Waals surface area contributed by atoms with Gasteiger partial charge < -0.3 is 14.1 Å². The number of hydrogen-bond donors (Lipinski definition) is 0. The van der Waals surface area contributed by atoms with E-state index in [-0.39, 0.29) is 24.5 Å². The molecule has 3 aromatic rings. The van der Waals surface area contributed by atoms with Gasteiger partial charge in [0, 0.05) is 12.6 Å². The fourth-order valence-corrected chi connectivity index (χ4v) is 3.51. The number of amides is 1. The van der Waals surface area contributed by atoms with Gasteiger partial charge >= 0.3 is 0 Å². The summed E-state index contributed by atoms with van der Waals surface area (Å²) in [5.74, 6) is 1.27. The van der Waals surface area contributed by atoms with Crippen molar-refractivity contribution in [2.45, 2.75) is 46.1 Å². The molecule has 0 saturated heterocycles. The van der Waals surface area contributed by atoms with Crippen LogP contribution in [-0.2, 0) is 23.2 Å². The van der Waals surface area contributed by atoms with Gasteiger partial charge in [0.25, 0.3) is 5.91 Å². The smallest absolute Gasteiger partial charge is 0.260 e. The second kappa shape index (κ2) is 9.64. The average molecular weight is 486 g/mol. The standard InChI is InChI=1S/C24H28BrN3O3/c1-6-16-7-12-20(19(25)13-16)30-15-22(29)28(5)14-21-26-27-23(31-21)17-8-10-18(11-9-17)24(2,3)4/h7-13H,6,14-15H2,1-5H3. The molecular weight excluding hydrogens is 458 g/mol. The predicted octanol–water partition coefficient (Wildman–Crippen LogP) is 5.40. The van der Waals surface area contributed by atoms with Gasteiger partial charge in [-0.3, -0.25) is 4.79 Å². The number of carbonyl (C=O) groups excluding carboxylic acids is 1. The Labute approximate surface area is 191 Å².